The van der Waals surface area contributed by atoms with Gasteiger partial charge in [0.1, 0.15) is 17.9 Å². The number of benzene rings is 1. The molecule has 122 valence electrons. The van der Waals surface area contributed by atoms with E-state index in [0.717, 1.165) is 4.68 Å². The molecule has 7 nitrogen and oxygen atoms in total. The van der Waals surface area contributed by atoms with Gasteiger partial charge in [0.2, 0.25) is 0 Å². The van der Waals surface area contributed by atoms with Crippen molar-refractivity contribution in [3.8, 4) is 16.9 Å². The van der Waals surface area contributed by atoms with Crippen LogP contribution in [0.15, 0.2) is 47.5 Å². The fraction of sp³-hybridized carbons (Fsp3) is 0.125. The molecule has 2 heterocycles. The number of methoxy groups -OCH3 is 1. The lowest BCUT2D eigenvalue weighted by Gasteiger charge is -2.08. The number of rotatable bonds is 4. The van der Waals surface area contributed by atoms with Crippen LogP contribution >= 0.6 is 0 Å². The van der Waals surface area contributed by atoms with Gasteiger partial charge >= 0.3 is 5.97 Å². The lowest BCUT2D eigenvalue weighted by Crippen LogP contribution is -2.28. The summed E-state index contributed by atoms with van der Waals surface area (Å²) in [6.45, 7) is -0.574. The number of aromatic amines is 1. The first kappa shape index (κ1) is 15.6. The van der Waals surface area contributed by atoms with Crippen LogP contribution in [0.5, 0.6) is 0 Å². The second-order valence-electron chi connectivity index (χ2n) is 4.94. The molecule has 0 amide bonds. The standard InChI is InChI=1S/C16H13FN4O3/c1-24-16(23)13-6-14(11-4-2-10(7-17)3-5-11)20-21(15(13)22)12-8-18-19-9-12/h2-6,8-9H,7H2,1H3,(H,18,19). The smallest absolute Gasteiger partial charge is 0.343 e. The first-order valence-electron chi connectivity index (χ1n) is 7.01. The molecule has 0 aliphatic rings. The molecule has 0 saturated carbocycles. The number of H-pyrrole nitrogens is 1. The minimum absolute atomic E-state index is 0.154. The third-order valence-electron chi connectivity index (χ3n) is 3.45. The molecule has 0 fully saturated rings. The molecule has 0 unspecified atom stereocenters. The highest BCUT2D eigenvalue weighted by Crippen LogP contribution is 2.19. The second kappa shape index (κ2) is 6.45. The zero-order chi connectivity index (χ0) is 17.1. The molecular weight excluding hydrogens is 315 g/mol. The van der Waals surface area contributed by atoms with Gasteiger partial charge in [-0.2, -0.15) is 14.9 Å². The predicted molar refractivity (Wildman–Crippen MR) is 83.6 cm³/mol. The minimum Gasteiger partial charge on any atom is -0.465 e. The molecule has 8 heteroatoms. The average molecular weight is 328 g/mol. The van der Waals surface area contributed by atoms with Crippen LogP contribution in [0.2, 0.25) is 0 Å². The molecule has 0 atom stereocenters. The van der Waals surface area contributed by atoms with Gasteiger partial charge in [-0.15, -0.1) is 0 Å². The van der Waals surface area contributed by atoms with E-state index in [9.17, 15) is 14.0 Å². The molecule has 2 aromatic heterocycles. The normalized spacial score (nSPS) is 10.6. The lowest BCUT2D eigenvalue weighted by molar-refractivity contribution is 0.0598. The summed E-state index contributed by atoms with van der Waals surface area (Å²) in [7, 11) is 1.19. The van der Waals surface area contributed by atoms with Crippen LogP contribution in [0.4, 0.5) is 4.39 Å². The number of carbonyl (C=O) groups excluding carboxylic acids is 1. The molecule has 1 N–H and O–H groups in total. The topological polar surface area (TPSA) is 89.9 Å². The van der Waals surface area contributed by atoms with Crippen LogP contribution in [-0.2, 0) is 11.4 Å². The second-order valence-corrected chi connectivity index (χ2v) is 4.94. The van der Waals surface area contributed by atoms with E-state index in [0.29, 0.717) is 22.5 Å². The Morgan fingerprint density at radius 3 is 2.67 bits per heavy atom. The Morgan fingerprint density at radius 1 is 1.33 bits per heavy atom. The van der Waals surface area contributed by atoms with Crippen molar-refractivity contribution in [3.05, 3.63) is 64.2 Å². The highest BCUT2D eigenvalue weighted by atomic mass is 19.1. The molecule has 0 saturated heterocycles. The van der Waals surface area contributed by atoms with Crippen molar-refractivity contribution >= 4 is 5.97 Å². The molecule has 0 radical (unpaired) electrons. The lowest BCUT2D eigenvalue weighted by atomic mass is 10.1. The minimum atomic E-state index is -0.763. The molecule has 0 aliphatic carbocycles. The van der Waals surface area contributed by atoms with Crippen molar-refractivity contribution in [2.24, 2.45) is 0 Å². The van der Waals surface area contributed by atoms with E-state index in [1.807, 2.05) is 0 Å². The first-order valence-corrected chi connectivity index (χ1v) is 7.01. The quantitative estimate of drug-likeness (QED) is 0.739. The Morgan fingerprint density at radius 2 is 2.08 bits per heavy atom. The molecule has 1 aromatic carbocycles. The summed E-state index contributed by atoms with van der Waals surface area (Å²) >= 11 is 0. The molecule has 3 rings (SSSR count). The third-order valence-corrected chi connectivity index (χ3v) is 3.45. The van der Waals surface area contributed by atoms with E-state index < -0.39 is 18.2 Å². The van der Waals surface area contributed by atoms with Gasteiger partial charge in [0.05, 0.1) is 19.0 Å². The van der Waals surface area contributed by atoms with Crippen LogP contribution < -0.4 is 5.56 Å². The van der Waals surface area contributed by atoms with Crippen molar-refractivity contribution in [2.45, 2.75) is 6.67 Å². The zero-order valence-electron chi connectivity index (χ0n) is 12.7. The number of carbonyl (C=O) groups is 1. The number of halogens is 1. The van der Waals surface area contributed by atoms with E-state index in [1.165, 1.54) is 25.6 Å². The van der Waals surface area contributed by atoms with Gasteiger partial charge < -0.3 is 4.74 Å². The number of alkyl halides is 1. The largest absolute Gasteiger partial charge is 0.465 e. The monoisotopic (exact) mass is 328 g/mol. The van der Waals surface area contributed by atoms with Crippen molar-refractivity contribution in [1.82, 2.24) is 20.0 Å². The van der Waals surface area contributed by atoms with Crippen LogP contribution in [0.1, 0.15) is 15.9 Å². The fourth-order valence-electron chi connectivity index (χ4n) is 2.19. The van der Waals surface area contributed by atoms with Crippen molar-refractivity contribution in [2.75, 3.05) is 7.11 Å². The van der Waals surface area contributed by atoms with Crippen LogP contribution in [0, 0.1) is 0 Å². The van der Waals surface area contributed by atoms with Gasteiger partial charge in [0.25, 0.3) is 5.56 Å². The number of hydrogen-bond acceptors (Lipinski definition) is 5. The van der Waals surface area contributed by atoms with E-state index in [2.05, 4.69) is 20.0 Å². The number of aromatic nitrogens is 4. The van der Waals surface area contributed by atoms with Crippen molar-refractivity contribution in [1.29, 1.82) is 0 Å². The summed E-state index contributed by atoms with van der Waals surface area (Å²) in [5.41, 5.74) is 1.14. The van der Waals surface area contributed by atoms with E-state index >= 15 is 0 Å². The van der Waals surface area contributed by atoms with Crippen molar-refractivity contribution < 1.29 is 13.9 Å². The SMILES string of the molecule is COC(=O)c1cc(-c2ccc(CF)cc2)nn(-c2cn[nH]c2)c1=O. The Balaban J connectivity index is 2.20. The third kappa shape index (κ3) is 2.81. The number of esters is 1. The maximum absolute atomic E-state index is 12.6. The molecular formula is C16H13FN4O3. The average Bonchev–Trinajstić information content (AvgIpc) is 3.16. The first-order chi connectivity index (χ1) is 11.6. The number of nitrogens with zero attached hydrogens (tertiary/aromatic N) is 3. The highest BCUT2D eigenvalue weighted by Gasteiger charge is 2.18. The van der Waals surface area contributed by atoms with Gasteiger partial charge in [0.15, 0.2) is 0 Å². The molecule has 3 aromatic rings. The maximum Gasteiger partial charge on any atom is 0.343 e. The van der Waals surface area contributed by atoms with Gasteiger partial charge in [-0.25, -0.2) is 9.18 Å². The molecule has 0 bridgehead atoms. The summed E-state index contributed by atoms with van der Waals surface area (Å²) in [6, 6.07) is 7.92. The Labute approximate surface area is 135 Å². The van der Waals surface area contributed by atoms with Gasteiger partial charge in [-0.05, 0) is 11.6 Å². The molecule has 24 heavy (non-hydrogen) atoms. The predicted octanol–water partition coefficient (Wildman–Crippen LogP) is 1.88. The van der Waals surface area contributed by atoms with E-state index in [-0.39, 0.29) is 5.56 Å². The molecule has 0 aliphatic heterocycles. The van der Waals surface area contributed by atoms with Gasteiger partial charge in [-0.3, -0.25) is 9.89 Å². The Hall–Kier alpha value is -3.29. The van der Waals surface area contributed by atoms with Gasteiger partial charge in [-0.1, -0.05) is 24.3 Å². The summed E-state index contributed by atoms with van der Waals surface area (Å²) < 4.78 is 18.4. The highest BCUT2D eigenvalue weighted by molar-refractivity contribution is 5.90. The fourth-order valence-corrected chi connectivity index (χ4v) is 2.19. The van der Waals surface area contributed by atoms with Crippen LogP contribution in [0.3, 0.4) is 0 Å². The zero-order valence-corrected chi connectivity index (χ0v) is 12.7. The summed E-state index contributed by atoms with van der Waals surface area (Å²) in [6.07, 6.45) is 2.89. The Kier molecular flexibility index (Phi) is 4.19. The Bertz CT molecular complexity index is 917. The maximum atomic E-state index is 12.6. The van der Waals surface area contributed by atoms with Crippen LogP contribution in [0.25, 0.3) is 16.9 Å². The van der Waals surface area contributed by atoms with Gasteiger partial charge in [0, 0.05) is 11.8 Å². The summed E-state index contributed by atoms with van der Waals surface area (Å²) in [4.78, 5) is 24.4. The summed E-state index contributed by atoms with van der Waals surface area (Å²) in [5.74, 6) is -0.763. The van der Waals surface area contributed by atoms with Crippen LogP contribution in [-0.4, -0.2) is 33.1 Å². The van der Waals surface area contributed by atoms with Crippen molar-refractivity contribution in [3.63, 3.8) is 0 Å². The molecule has 0 spiro atoms. The number of hydrogen-bond donors (Lipinski definition) is 1. The number of ether oxygens (including phenoxy) is 1. The summed E-state index contributed by atoms with van der Waals surface area (Å²) in [5, 5.41) is 10.6. The van der Waals surface area contributed by atoms with E-state index in [4.69, 9.17) is 0 Å². The number of nitrogens with one attached hydrogen (secondary N) is 1. The van der Waals surface area contributed by atoms with E-state index in [1.54, 1.807) is 24.3 Å².